The molecule has 0 aromatic heterocycles. The zero-order chi connectivity index (χ0) is 17.0. The average Bonchev–Trinajstić information content (AvgIpc) is 2.60. The van der Waals surface area contributed by atoms with E-state index in [4.69, 9.17) is 4.74 Å². The number of carbonyl (C=O) groups excluding carboxylic acids is 2. The standard InChI is InChI=1S/C18H27N3O3/c22-17(19-8-4-7-16-5-2-1-3-6-16)15-18(23)20-9-10-21-11-13-24-14-12-21/h1-3,5-6H,4,7-15H2,(H,19,22)(H,20,23). The molecule has 1 aliphatic rings. The first-order valence-corrected chi connectivity index (χ1v) is 8.61. The molecule has 0 bridgehead atoms. The maximum absolute atomic E-state index is 11.7. The maximum Gasteiger partial charge on any atom is 0.229 e. The number of ether oxygens (including phenoxy) is 1. The Morgan fingerprint density at radius 3 is 2.38 bits per heavy atom. The molecule has 1 aromatic carbocycles. The minimum absolute atomic E-state index is 0.103. The molecule has 0 aliphatic carbocycles. The number of carbonyl (C=O) groups is 2. The third-order valence-corrected chi connectivity index (χ3v) is 3.98. The van der Waals surface area contributed by atoms with Crippen molar-refractivity contribution in [3.63, 3.8) is 0 Å². The smallest absolute Gasteiger partial charge is 0.229 e. The molecule has 0 unspecified atom stereocenters. The van der Waals surface area contributed by atoms with E-state index < -0.39 is 0 Å². The molecule has 1 heterocycles. The van der Waals surface area contributed by atoms with Gasteiger partial charge in [-0.2, -0.15) is 0 Å². The van der Waals surface area contributed by atoms with Crippen LogP contribution in [-0.4, -0.2) is 62.7 Å². The predicted octanol–water partition coefficient (Wildman–Crippen LogP) is 0.574. The van der Waals surface area contributed by atoms with E-state index in [9.17, 15) is 9.59 Å². The minimum atomic E-state index is -0.219. The Kier molecular flexibility index (Phi) is 8.27. The summed E-state index contributed by atoms with van der Waals surface area (Å²) in [6.45, 7) is 5.26. The molecule has 1 aliphatic heterocycles. The topological polar surface area (TPSA) is 70.7 Å². The van der Waals surface area contributed by atoms with Gasteiger partial charge in [0.05, 0.1) is 13.2 Å². The number of aryl methyl sites for hydroxylation is 1. The summed E-state index contributed by atoms with van der Waals surface area (Å²) in [4.78, 5) is 25.7. The fraction of sp³-hybridized carbons (Fsp3) is 0.556. The van der Waals surface area contributed by atoms with Crippen molar-refractivity contribution in [2.75, 3.05) is 45.9 Å². The lowest BCUT2D eigenvalue weighted by Crippen LogP contribution is -2.42. The highest BCUT2D eigenvalue weighted by molar-refractivity contribution is 5.96. The van der Waals surface area contributed by atoms with Gasteiger partial charge in [-0.25, -0.2) is 0 Å². The van der Waals surface area contributed by atoms with Crippen molar-refractivity contribution >= 4 is 11.8 Å². The fourth-order valence-electron chi connectivity index (χ4n) is 2.61. The zero-order valence-corrected chi connectivity index (χ0v) is 14.1. The molecule has 0 saturated carbocycles. The van der Waals surface area contributed by atoms with Crippen molar-refractivity contribution in [3.8, 4) is 0 Å². The Morgan fingerprint density at radius 2 is 1.67 bits per heavy atom. The van der Waals surface area contributed by atoms with Gasteiger partial charge in [0, 0.05) is 32.7 Å². The number of benzene rings is 1. The molecule has 1 fully saturated rings. The number of amides is 2. The lowest BCUT2D eigenvalue weighted by atomic mass is 10.1. The van der Waals surface area contributed by atoms with Crippen LogP contribution < -0.4 is 10.6 Å². The van der Waals surface area contributed by atoms with Gasteiger partial charge in [-0.05, 0) is 18.4 Å². The normalized spacial score (nSPS) is 15.0. The van der Waals surface area contributed by atoms with Crippen LogP contribution in [0.5, 0.6) is 0 Å². The molecule has 132 valence electrons. The molecule has 1 saturated heterocycles. The third kappa shape index (κ3) is 7.57. The van der Waals surface area contributed by atoms with Gasteiger partial charge < -0.3 is 15.4 Å². The Balaban J connectivity index is 1.49. The highest BCUT2D eigenvalue weighted by Crippen LogP contribution is 2.01. The van der Waals surface area contributed by atoms with Gasteiger partial charge in [0.25, 0.3) is 0 Å². The lowest BCUT2D eigenvalue weighted by molar-refractivity contribution is -0.129. The van der Waals surface area contributed by atoms with Crippen molar-refractivity contribution < 1.29 is 14.3 Å². The monoisotopic (exact) mass is 333 g/mol. The van der Waals surface area contributed by atoms with Crippen molar-refractivity contribution in [2.45, 2.75) is 19.3 Å². The van der Waals surface area contributed by atoms with E-state index in [1.165, 1.54) is 5.56 Å². The summed E-state index contributed by atoms with van der Waals surface area (Å²) in [5.41, 5.74) is 1.26. The van der Waals surface area contributed by atoms with Crippen molar-refractivity contribution in [1.29, 1.82) is 0 Å². The summed E-state index contributed by atoms with van der Waals surface area (Å²) >= 11 is 0. The molecule has 1 aromatic rings. The van der Waals surface area contributed by atoms with E-state index in [1.54, 1.807) is 0 Å². The Hall–Kier alpha value is -1.92. The molecule has 2 amide bonds. The molecule has 6 heteroatoms. The number of morpholine rings is 1. The van der Waals surface area contributed by atoms with Crippen LogP contribution >= 0.6 is 0 Å². The van der Waals surface area contributed by atoms with Gasteiger partial charge in [-0.1, -0.05) is 30.3 Å². The quantitative estimate of drug-likeness (QED) is 0.512. The summed E-state index contributed by atoms with van der Waals surface area (Å²) in [6, 6.07) is 10.2. The van der Waals surface area contributed by atoms with E-state index in [2.05, 4.69) is 27.7 Å². The van der Waals surface area contributed by atoms with Crippen molar-refractivity contribution in [2.24, 2.45) is 0 Å². The van der Waals surface area contributed by atoms with Crippen LogP contribution in [-0.2, 0) is 20.7 Å². The molecule has 2 rings (SSSR count). The van der Waals surface area contributed by atoms with Gasteiger partial charge in [-0.15, -0.1) is 0 Å². The first-order chi connectivity index (χ1) is 11.7. The van der Waals surface area contributed by atoms with Crippen LogP contribution in [0.25, 0.3) is 0 Å². The van der Waals surface area contributed by atoms with Crippen LogP contribution in [0.1, 0.15) is 18.4 Å². The summed E-state index contributed by atoms with van der Waals surface area (Å²) in [5, 5.41) is 5.59. The fourth-order valence-corrected chi connectivity index (χ4v) is 2.61. The molecular weight excluding hydrogens is 306 g/mol. The SMILES string of the molecule is O=C(CC(=O)NCCN1CCOCC1)NCCCc1ccccc1. The summed E-state index contributed by atoms with van der Waals surface area (Å²) in [6.07, 6.45) is 1.69. The third-order valence-electron chi connectivity index (χ3n) is 3.98. The van der Waals surface area contributed by atoms with Gasteiger partial charge in [0.2, 0.25) is 11.8 Å². The molecule has 0 spiro atoms. The van der Waals surface area contributed by atoms with Crippen LogP contribution in [0.4, 0.5) is 0 Å². The van der Waals surface area contributed by atoms with Crippen LogP contribution in [0, 0.1) is 0 Å². The molecular formula is C18H27N3O3. The minimum Gasteiger partial charge on any atom is -0.379 e. The van der Waals surface area contributed by atoms with E-state index >= 15 is 0 Å². The van der Waals surface area contributed by atoms with Crippen LogP contribution in [0.2, 0.25) is 0 Å². The highest BCUT2D eigenvalue weighted by Gasteiger charge is 2.11. The van der Waals surface area contributed by atoms with Crippen LogP contribution in [0.3, 0.4) is 0 Å². The largest absolute Gasteiger partial charge is 0.379 e. The highest BCUT2D eigenvalue weighted by atomic mass is 16.5. The predicted molar refractivity (Wildman–Crippen MR) is 92.7 cm³/mol. The number of rotatable bonds is 9. The van der Waals surface area contributed by atoms with Gasteiger partial charge in [-0.3, -0.25) is 14.5 Å². The number of hydrogen-bond donors (Lipinski definition) is 2. The van der Waals surface area contributed by atoms with Crippen molar-refractivity contribution in [3.05, 3.63) is 35.9 Å². The second-order valence-electron chi connectivity index (χ2n) is 5.92. The Bertz CT molecular complexity index is 501. The number of nitrogens with zero attached hydrogens (tertiary/aromatic N) is 1. The second kappa shape index (κ2) is 10.8. The first-order valence-electron chi connectivity index (χ1n) is 8.61. The Labute approximate surface area is 143 Å². The van der Waals surface area contributed by atoms with E-state index in [-0.39, 0.29) is 18.2 Å². The van der Waals surface area contributed by atoms with E-state index in [0.717, 1.165) is 45.7 Å². The summed E-state index contributed by atoms with van der Waals surface area (Å²) < 4.78 is 5.27. The average molecular weight is 333 g/mol. The zero-order valence-electron chi connectivity index (χ0n) is 14.1. The molecule has 24 heavy (non-hydrogen) atoms. The van der Waals surface area contributed by atoms with E-state index in [0.29, 0.717) is 13.1 Å². The number of nitrogens with one attached hydrogen (secondary N) is 2. The molecule has 0 atom stereocenters. The maximum atomic E-state index is 11.7. The van der Waals surface area contributed by atoms with Gasteiger partial charge >= 0.3 is 0 Å². The summed E-state index contributed by atoms with van der Waals surface area (Å²) in [7, 11) is 0. The van der Waals surface area contributed by atoms with Gasteiger partial charge in [0.15, 0.2) is 0 Å². The molecule has 2 N–H and O–H groups in total. The lowest BCUT2D eigenvalue weighted by Gasteiger charge is -2.26. The van der Waals surface area contributed by atoms with E-state index in [1.807, 2.05) is 18.2 Å². The molecule has 0 radical (unpaired) electrons. The number of hydrogen-bond acceptors (Lipinski definition) is 4. The summed E-state index contributed by atoms with van der Waals surface area (Å²) in [5.74, 6) is -0.434. The van der Waals surface area contributed by atoms with Crippen molar-refractivity contribution in [1.82, 2.24) is 15.5 Å². The second-order valence-corrected chi connectivity index (χ2v) is 5.92. The van der Waals surface area contributed by atoms with Gasteiger partial charge in [0.1, 0.15) is 6.42 Å². The molecule has 6 nitrogen and oxygen atoms in total. The van der Waals surface area contributed by atoms with Crippen LogP contribution in [0.15, 0.2) is 30.3 Å². The first kappa shape index (κ1) is 18.4. The Morgan fingerprint density at radius 1 is 1.00 bits per heavy atom.